The van der Waals surface area contributed by atoms with E-state index in [0.29, 0.717) is 6.54 Å². The van der Waals surface area contributed by atoms with Crippen molar-refractivity contribution in [1.29, 1.82) is 0 Å². The van der Waals surface area contributed by atoms with Gasteiger partial charge in [-0.2, -0.15) is 0 Å². The van der Waals surface area contributed by atoms with E-state index in [1.807, 2.05) is 0 Å². The molecule has 1 aliphatic heterocycles. The van der Waals surface area contributed by atoms with Crippen LogP contribution in [0.15, 0.2) is 24.3 Å². The molecule has 3 nitrogen and oxygen atoms in total. The van der Waals surface area contributed by atoms with Crippen molar-refractivity contribution in [1.82, 2.24) is 4.90 Å². The van der Waals surface area contributed by atoms with Gasteiger partial charge in [0.2, 0.25) is 0 Å². The third kappa shape index (κ3) is 2.57. The van der Waals surface area contributed by atoms with Gasteiger partial charge in [-0.1, -0.05) is 12.1 Å². The number of likely N-dealkylation sites (tertiary alicyclic amines) is 1. The van der Waals surface area contributed by atoms with E-state index < -0.39 is 0 Å². The molecule has 2 rings (SSSR count). The van der Waals surface area contributed by atoms with Gasteiger partial charge in [0.05, 0.1) is 13.2 Å². The molecule has 1 heterocycles. The fraction of sp³-hybridized carbons (Fsp3) is 0.462. The number of hydrogen-bond donors (Lipinski definition) is 0. The molecule has 92 valence electrons. The average molecular weight is 237 g/mol. The van der Waals surface area contributed by atoms with Crippen LogP contribution >= 0.6 is 0 Å². The molecular weight excluding hydrogens is 221 g/mol. The molecule has 0 saturated carbocycles. The number of benzene rings is 1. The zero-order valence-electron chi connectivity index (χ0n) is 9.86. The number of amides is 1. The Morgan fingerprint density at radius 2 is 2.06 bits per heavy atom. The van der Waals surface area contributed by atoms with E-state index in [0.717, 1.165) is 24.8 Å². The lowest BCUT2D eigenvalue weighted by Gasteiger charge is -2.34. The summed E-state index contributed by atoms with van der Waals surface area (Å²) in [6, 6.07) is 6.35. The Morgan fingerprint density at radius 3 is 2.71 bits per heavy atom. The maximum Gasteiger partial charge on any atom is 0.409 e. The maximum atomic E-state index is 12.9. The molecule has 0 aromatic heterocycles. The molecule has 1 aromatic carbocycles. The van der Waals surface area contributed by atoms with Gasteiger partial charge in [-0.25, -0.2) is 9.18 Å². The minimum Gasteiger partial charge on any atom is -0.453 e. The monoisotopic (exact) mass is 237 g/mol. The number of carbonyl (C=O) groups excluding carboxylic acids is 1. The molecule has 1 aliphatic rings. The molecule has 0 spiro atoms. The molecule has 1 saturated heterocycles. The molecule has 17 heavy (non-hydrogen) atoms. The van der Waals surface area contributed by atoms with Crippen molar-refractivity contribution in [2.45, 2.75) is 25.3 Å². The number of halogens is 1. The quantitative estimate of drug-likeness (QED) is 0.751. The van der Waals surface area contributed by atoms with Crippen LogP contribution in [0.2, 0.25) is 0 Å². The van der Waals surface area contributed by atoms with Crippen LogP contribution in [0.4, 0.5) is 9.18 Å². The predicted molar refractivity (Wildman–Crippen MR) is 62.1 cm³/mol. The van der Waals surface area contributed by atoms with Gasteiger partial charge in [0, 0.05) is 6.54 Å². The van der Waals surface area contributed by atoms with Gasteiger partial charge in [0.1, 0.15) is 5.82 Å². The number of methoxy groups -OCH3 is 1. The van der Waals surface area contributed by atoms with Gasteiger partial charge in [-0.3, -0.25) is 0 Å². The molecule has 4 heteroatoms. The Kier molecular flexibility index (Phi) is 3.61. The highest BCUT2D eigenvalue weighted by Crippen LogP contribution is 2.31. The van der Waals surface area contributed by atoms with Gasteiger partial charge in [0.15, 0.2) is 0 Å². The summed E-state index contributed by atoms with van der Waals surface area (Å²) < 4.78 is 17.6. The van der Waals surface area contributed by atoms with E-state index in [2.05, 4.69) is 0 Å². The van der Waals surface area contributed by atoms with E-state index in [9.17, 15) is 9.18 Å². The number of carbonyl (C=O) groups is 1. The molecule has 0 bridgehead atoms. The Hall–Kier alpha value is -1.58. The highest BCUT2D eigenvalue weighted by molar-refractivity contribution is 5.68. The summed E-state index contributed by atoms with van der Waals surface area (Å²) in [7, 11) is 1.39. The minimum absolute atomic E-state index is 0.0109. The minimum atomic E-state index is -0.306. The summed E-state index contributed by atoms with van der Waals surface area (Å²) in [5.41, 5.74) is 0.969. The van der Waals surface area contributed by atoms with Crippen LogP contribution in [0.5, 0.6) is 0 Å². The van der Waals surface area contributed by atoms with Crippen molar-refractivity contribution in [2.24, 2.45) is 0 Å². The lowest BCUT2D eigenvalue weighted by molar-refractivity contribution is 0.0894. The Morgan fingerprint density at radius 1 is 1.35 bits per heavy atom. The Labute approximate surface area is 100 Å². The second kappa shape index (κ2) is 5.17. The van der Waals surface area contributed by atoms with E-state index in [-0.39, 0.29) is 18.0 Å². The summed E-state index contributed by atoms with van der Waals surface area (Å²) >= 11 is 0. The fourth-order valence-electron chi connectivity index (χ4n) is 2.30. The molecule has 0 aliphatic carbocycles. The number of rotatable bonds is 1. The Balaban J connectivity index is 2.21. The molecule has 1 unspecified atom stereocenters. The predicted octanol–water partition coefficient (Wildman–Crippen LogP) is 3.12. The van der Waals surface area contributed by atoms with E-state index >= 15 is 0 Å². The van der Waals surface area contributed by atoms with Gasteiger partial charge >= 0.3 is 6.09 Å². The SMILES string of the molecule is COC(=O)N1CCCCC1c1ccc(F)cc1. The molecule has 0 radical (unpaired) electrons. The van der Waals surface area contributed by atoms with Crippen molar-refractivity contribution < 1.29 is 13.9 Å². The van der Waals surface area contributed by atoms with Crippen molar-refractivity contribution in [3.05, 3.63) is 35.6 Å². The number of hydrogen-bond acceptors (Lipinski definition) is 2. The van der Waals surface area contributed by atoms with Crippen LogP contribution in [0.25, 0.3) is 0 Å². The van der Waals surface area contributed by atoms with Gasteiger partial charge in [-0.15, -0.1) is 0 Å². The number of ether oxygens (including phenoxy) is 1. The van der Waals surface area contributed by atoms with Crippen LogP contribution in [0.1, 0.15) is 30.9 Å². The summed E-state index contributed by atoms with van der Waals surface area (Å²) in [5.74, 6) is -0.255. The van der Waals surface area contributed by atoms with E-state index in [4.69, 9.17) is 4.74 Å². The van der Waals surface area contributed by atoms with Gasteiger partial charge in [-0.05, 0) is 37.0 Å². The third-order valence-corrected chi connectivity index (χ3v) is 3.17. The van der Waals surface area contributed by atoms with Gasteiger partial charge in [0.25, 0.3) is 0 Å². The van der Waals surface area contributed by atoms with Crippen molar-refractivity contribution in [3.8, 4) is 0 Å². The normalized spacial score (nSPS) is 20.1. The third-order valence-electron chi connectivity index (χ3n) is 3.17. The van der Waals surface area contributed by atoms with Crippen LogP contribution < -0.4 is 0 Å². The first kappa shape index (κ1) is 11.9. The molecule has 0 N–H and O–H groups in total. The summed E-state index contributed by atoms with van der Waals surface area (Å²) in [4.78, 5) is 13.4. The van der Waals surface area contributed by atoms with E-state index in [1.54, 1.807) is 17.0 Å². The Bertz CT molecular complexity index is 391. The van der Waals surface area contributed by atoms with Crippen LogP contribution in [-0.2, 0) is 4.74 Å². The molecule has 1 atom stereocenters. The maximum absolute atomic E-state index is 12.9. The van der Waals surface area contributed by atoms with Gasteiger partial charge < -0.3 is 9.64 Å². The zero-order chi connectivity index (χ0) is 12.3. The fourth-order valence-corrected chi connectivity index (χ4v) is 2.30. The lowest BCUT2D eigenvalue weighted by Crippen LogP contribution is -2.38. The topological polar surface area (TPSA) is 29.5 Å². The lowest BCUT2D eigenvalue weighted by atomic mass is 9.96. The van der Waals surface area contributed by atoms with Crippen molar-refractivity contribution in [3.63, 3.8) is 0 Å². The largest absolute Gasteiger partial charge is 0.453 e. The van der Waals surface area contributed by atoms with Crippen molar-refractivity contribution >= 4 is 6.09 Å². The smallest absolute Gasteiger partial charge is 0.409 e. The molecule has 1 amide bonds. The second-order valence-electron chi connectivity index (χ2n) is 4.23. The van der Waals surface area contributed by atoms with Crippen LogP contribution in [-0.4, -0.2) is 24.6 Å². The van der Waals surface area contributed by atoms with Crippen LogP contribution in [0.3, 0.4) is 0 Å². The standard InChI is InChI=1S/C13H16FNO2/c1-17-13(16)15-9-3-2-4-12(15)10-5-7-11(14)8-6-10/h5-8,12H,2-4,9H2,1H3. The second-order valence-corrected chi connectivity index (χ2v) is 4.23. The highest BCUT2D eigenvalue weighted by Gasteiger charge is 2.28. The highest BCUT2D eigenvalue weighted by atomic mass is 19.1. The number of nitrogens with zero attached hydrogens (tertiary/aromatic N) is 1. The zero-order valence-corrected chi connectivity index (χ0v) is 9.86. The first-order valence-corrected chi connectivity index (χ1v) is 5.82. The first-order chi connectivity index (χ1) is 8.22. The summed E-state index contributed by atoms with van der Waals surface area (Å²) in [6.45, 7) is 0.703. The van der Waals surface area contributed by atoms with E-state index in [1.165, 1.54) is 19.2 Å². The summed E-state index contributed by atoms with van der Waals surface area (Å²) in [5, 5.41) is 0. The molecule has 1 fully saturated rings. The summed E-state index contributed by atoms with van der Waals surface area (Å²) in [6.07, 6.45) is 2.67. The molecular formula is C13H16FNO2. The number of piperidine rings is 1. The first-order valence-electron chi connectivity index (χ1n) is 5.82. The molecule has 1 aromatic rings. The average Bonchev–Trinajstić information content (AvgIpc) is 2.39. The van der Waals surface area contributed by atoms with Crippen molar-refractivity contribution in [2.75, 3.05) is 13.7 Å². The van der Waals surface area contributed by atoms with Crippen LogP contribution in [0, 0.1) is 5.82 Å².